The Hall–Kier alpha value is -1.17. The summed E-state index contributed by atoms with van der Waals surface area (Å²) in [5.74, 6) is 1.70. The Morgan fingerprint density at radius 2 is 1.95 bits per heavy atom. The molecule has 0 spiro atoms. The zero-order valence-electron chi connectivity index (χ0n) is 12.7. The number of aryl methyl sites for hydroxylation is 1. The first-order valence-electron chi connectivity index (χ1n) is 6.96. The Kier molecular flexibility index (Phi) is 6.91. The predicted molar refractivity (Wildman–Crippen MR) is 84.9 cm³/mol. The molecular formula is C14H23BrN4O. The van der Waals surface area contributed by atoms with Crippen LogP contribution in [0.1, 0.15) is 32.5 Å². The van der Waals surface area contributed by atoms with Gasteiger partial charge in [0.05, 0.1) is 6.54 Å². The van der Waals surface area contributed by atoms with Crippen molar-refractivity contribution in [3.8, 4) is 0 Å². The van der Waals surface area contributed by atoms with Gasteiger partial charge in [-0.3, -0.25) is 4.79 Å². The molecule has 0 bridgehead atoms. The van der Waals surface area contributed by atoms with Gasteiger partial charge in [-0.15, -0.1) is 0 Å². The molecule has 0 radical (unpaired) electrons. The van der Waals surface area contributed by atoms with Crippen LogP contribution in [0.25, 0.3) is 0 Å². The van der Waals surface area contributed by atoms with Crippen LogP contribution >= 0.6 is 15.9 Å². The number of aromatic nitrogens is 2. The third-order valence-electron chi connectivity index (χ3n) is 2.84. The van der Waals surface area contributed by atoms with E-state index in [1.54, 1.807) is 19.0 Å². The van der Waals surface area contributed by atoms with E-state index in [0.717, 1.165) is 42.1 Å². The third kappa shape index (κ3) is 5.07. The van der Waals surface area contributed by atoms with E-state index in [4.69, 9.17) is 0 Å². The molecule has 0 aliphatic carbocycles. The molecule has 0 aliphatic heterocycles. The normalized spacial score (nSPS) is 10.4. The number of anilines is 1. The van der Waals surface area contributed by atoms with Gasteiger partial charge in [0, 0.05) is 33.1 Å². The van der Waals surface area contributed by atoms with Crippen molar-refractivity contribution in [3.05, 3.63) is 16.5 Å². The molecule has 1 amide bonds. The topological polar surface area (TPSA) is 49.3 Å². The predicted octanol–water partition coefficient (Wildman–Crippen LogP) is 2.50. The molecule has 0 aromatic carbocycles. The molecule has 6 heteroatoms. The lowest BCUT2D eigenvalue weighted by atomic mass is 10.3. The van der Waals surface area contributed by atoms with Crippen LogP contribution in [0.5, 0.6) is 0 Å². The number of nitrogens with zero attached hydrogens (tertiary/aromatic N) is 4. The summed E-state index contributed by atoms with van der Waals surface area (Å²) in [7, 11) is 3.54. The second-order valence-electron chi connectivity index (χ2n) is 4.92. The average Bonchev–Trinajstić information content (AvgIpc) is 2.37. The van der Waals surface area contributed by atoms with Crippen molar-refractivity contribution in [1.82, 2.24) is 14.9 Å². The molecule has 1 rings (SSSR count). The number of amides is 1. The van der Waals surface area contributed by atoms with Crippen LogP contribution in [0.4, 0.5) is 5.82 Å². The molecule has 0 atom stereocenters. The standard InChI is InChI=1S/C14H23BrN4O/c1-5-7-12-16-11(15)9-13(17-12)19(8-6-2)10-14(20)18(3)4/h9H,5-8,10H2,1-4H3. The Morgan fingerprint density at radius 3 is 2.50 bits per heavy atom. The highest BCUT2D eigenvalue weighted by Gasteiger charge is 2.15. The second kappa shape index (κ2) is 8.19. The highest BCUT2D eigenvalue weighted by atomic mass is 79.9. The lowest BCUT2D eigenvalue weighted by molar-refractivity contribution is -0.127. The van der Waals surface area contributed by atoms with Crippen molar-refractivity contribution in [2.75, 3.05) is 32.1 Å². The summed E-state index contributed by atoms with van der Waals surface area (Å²) in [6, 6.07) is 1.87. The maximum absolute atomic E-state index is 11.9. The number of hydrogen-bond acceptors (Lipinski definition) is 4. The van der Waals surface area contributed by atoms with Gasteiger partial charge in [-0.05, 0) is 28.8 Å². The summed E-state index contributed by atoms with van der Waals surface area (Å²) in [6.07, 6.45) is 2.81. The Bertz CT molecular complexity index is 451. The average molecular weight is 343 g/mol. The molecule has 112 valence electrons. The fraction of sp³-hybridized carbons (Fsp3) is 0.643. The van der Waals surface area contributed by atoms with E-state index in [0.29, 0.717) is 6.54 Å². The lowest BCUT2D eigenvalue weighted by Gasteiger charge is -2.24. The summed E-state index contributed by atoms with van der Waals surface area (Å²) in [6.45, 7) is 5.34. The van der Waals surface area contributed by atoms with Crippen molar-refractivity contribution in [2.45, 2.75) is 33.1 Å². The van der Waals surface area contributed by atoms with Crippen molar-refractivity contribution >= 4 is 27.7 Å². The van der Waals surface area contributed by atoms with E-state index in [9.17, 15) is 4.79 Å². The van der Waals surface area contributed by atoms with Gasteiger partial charge in [0.2, 0.25) is 5.91 Å². The Morgan fingerprint density at radius 1 is 1.25 bits per heavy atom. The minimum atomic E-state index is 0.0743. The highest BCUT2D eigenvalue weighted by molar-refractivity contribution is 9.10. The van der Waals surface area contributed by atoms with E-state index < -0.39 is 0 Å². The molecule has 1 aromatic rings. The smallest absolute Gasteiger partial charge is 0.241 e. The van der Waals surface area contributed by atoms with Gasteiger partial charge in [-0.25, -0.2) is 9.97 Å². The number of rotatable bonds is 7. The monoisotopic (exact) mass is 342 g/mol. The largest absolute Gasteiger partial charge is 0.347 e. The number of carbonyl (C=O) groups excluding carboxylic acids is 1. The summed E-state index contributed by atoms with van der Waals surface area (Å²) in [4.78, 5) is 24.5. The van der Waals surface area contributed by atoms with Crippen LogP contribution in [0.15, 0.2) is 10.7 Å². The van der Waals surface area contributed by atoms with Crippen molar-refractivity contribution in [2.24, 2.45) is 0 Å². The molecule has 0 aliphatic rings. The first kappa shape index (κ1) is 16.9. The van der Waals surface area contributed by atoms with Gasteiger partial charge in [-0.2, -0.15) is 0 Å². The van der Waals surface area contributed by atoms with E-state index >= 15 is 0 Å². The number of hydrogen-bond donors (Lipinski definition) is 0. The molecule has 0 saturated carbocycles. The molecule has 1 aromatic heterocycles. The summed E-state index contributed by atoms with van der Waals surface area (Å²) < 4.78 is 0.768. The minimum Gasteiger partial charge on any atom is -0.347 e. The Labute approximate surface area is 129 Å². The van der Waals surface area contributed by atoms with E-state index in [-0.39, 0.29) is 5.91 Å². The van der Waals surface area contributed by atoms with Gasteiger partial charge in [0.1, 0.15) is 16.2 Å². The lowest BCUT2D eigenvalue weighted by Crippen LogP contribution is -2.37. The van der Waals surface area contributed by atoms with E-state index in [1.165, 1.54) is 0 Å². The van der Waals surface area contributed by atoms with Crippen molar-refractivity contribution in [1.29, 1.82) is 0 Å². The fourth-order valence-corrected chi connectivity index (χ4v) is 2.21. The van der Waals surface area contributed by atoms with Gasteiger partial charge in [0.15, 0.2) is 0 Å². The van der Waals surface area contributed by atoms with Crippen LogP contribution < -0.4 is 4.90 Å². The van der Waals surface area contributed by atoms with Crippen LogP contribution in [0.3, 0.4) is 0 Å². The van der Waals surface area contributed by atoms with Gasteiger partial charge >= 0.3 is 0 Å². The van der Waals surface area contributed by atoms with Crippen LogP contribution in [-0.2, 0) is 11.2 Å². The number of likely N-dealkylation sites (N-methyl/N-ethyl adjacent to an activating group) is 1. The zero-order valence-corrected chi connectivity index (χ0v) is 14.3. The maximum Gasteiger partial charge on any atom is 0.241 e. The third-order valence-corrected chi connectivity index (χ3v) is 3.25. The molecule has 0 N–H and O–H groups in total. The van der Waals surface area contributed by atoms with Crippen LogP contribution in [0.2, 0.25) is 0 Å². The van der Waals surface area contributed by atoms with Crippen LogP contribution in [-0.4, -0.2) is 48.0 Å². The first-order valence-corrected chi connectivity index (χ1v) is 7.75. The van der Waals surface area contributed by atoms with Gasteiger partial charge in [0.25, 0.3) is 0 Å². The molecule has 0 saturated heterocycles. The first-order chi connectivity index (χ1) is 9.47. The summed E-state index contributed by atoms with van der Waals surface area (Å²) in [5.41, 5.74) is 0. The second-order valence-corrected chi connectivity index (χ2v) is 5.74. The molecular weight excluding hydrogens is 320 g/mol. The molecule has 0 unspecified atom stereocenters. The van der Waals surface area contributed by atoms with E-state index in [1.807, 2.05) is 11.0 Å². The quantitative estimate of drug-likeness (QED) is 0.714. The highest BCUT2D eigenvalue weighted by Crippen LogP contribution is 2.18. The van der Waals surface area contributed by atoms with Crippen LogP contribution in [0, 0.1) is 0 Å². The SMILES string of the molecule is CCCc1nc(Br)cc(N(CCC)CC(=O)N(C)C)n1. The van der Waals surface area contributed by atoms with Gasteiger partial charge in [-0.1, -0.05) is 13.8 Å². The number of carbonyl (C=O) groups is 1. The molecule has 1 heterocycles. The van der Waals surface area contributed by atoms with Crippen molar-refractivity contribution in [3.63, 3.8) is 0 Å². The minimum absolute atomic E-state index is 0.0743. The molecule has 20 heavy (non-hydrogen) atoms. The summed E-state index contributed by atoms with van der Waals surface area (Å²) in [5, 5.41) is 0. The number of halogens is 1. The summed E-state index contributed by atoms with van der Waals surface area (Å²) >= 11 is 3.42. The molecule has 5 nitrogen and oxygen atoms in total. The van der Waals surface area contributed by atoms with Crippen molar-refractivity contribution < 1.29 is 4.79 Å². The maximum atomic E-state index is 11.9. The van der Waals surface area contributed by atoms with E-state index in [2.05, 4.69) is 39.7 Å². The van der Waals surface area contributed by atoms with Gasteiger partial charge < -0.3 is 9.80 Å². The Balaban J connectivity index is 2.98. The molecule has 0 fully saturated rings. The fourth-order valence-electron chi connectivity index (χ4n) is 1.80. The zero-order chi connectivity index (χ0) is 15.1.